The Bertz CT molecular complexity index is 202. The molecule has 0 heterocycles. The Morgan fingerprint density at radius 1 is 1.42 bits per heavy atom. The van der Waals surface area contributed by atoms with Gasteiger partial charge in [-0.25, -0.2) is 0 Å². The highest BCUT2D eigenvalue weighted by molar-refractivity contribution is 6.82. The van der Waals surface area contributed by atoms with Gasteiger partial charge in [0, 0.05) is 5.04 Å². The zero-order valence-electron chi connectivity index (χ0n) is 8.26. The molecule has 0 spiro atoms. The van der Waals surface area contributed by atoms with Crippen LogP contribution in [0.4, 0.5) is 0 Å². The molecule has 0 aromatic carbocycles. The van der Waals surface area contributed by atoms with Gasteiger partial charge in [-0.1, -0.05) is 31.8 Å². The first kappa shape index (κ1) is 9.71. The fraction of sp³-hybridized carbons (Fsp3) is 0.700. The molecule has 2 heteroatoms. The van der Waals surface area contributed by atoms with Crippen molar-refractivity contribution in [3.63, 3.8) is 0 Å². The van der Waals surface area contributed by atoms with Crippen LogP contribution in [0.2, 0.25) is 24.7 Å². The van der Waals surface area contributed by atoms with Crippen molar-refractivity contribution in [3.05, 3.63) is 12.2 Å². The molecule has 0 saturated heterocycles. The van der Waals surface area contributed by atoms with Crippen LogP contribution in [0.1, 0.15) is 19.3 Å². The van der Waals surface area contributed by atoms with Crippen molar-refractivity contribution in [2.24, 2.45) is 0 Å². The van der Waals surface area contributed by atoms with Gasteiger partial charge in [-0.2, -0.15) is 0 Å². The maximum atomic E-state index is 11.1. The smallest absolute Gasteiger partial charge is 0.127 e. The molecule has 0 saturated carbocycles. The van der Waals surface area contributed by atoms with Crippen LogP contribution in [0.25, 0.3) is 0 Å². The second-order valence-corrected chi connectivity index (χ2v) is 10.1. The highest BCUT2D eigenvalue weighted by Gasteiger charge is 2.41. The Hall–Kier alpha value is -0.373. The first-order valence-electron chi connectivity index (χ1n) is 4.66. The van der Waals surface area contributed by atoms with E-state index >= 15 is 0 Å². The zero-order valence-corrected chi connectivity index (χ0v) is 9.26. The van der Waals surface area contributed by atoms with Crippen molar-refractivity contribution in [1.29, 1.82) is 0 Å². The number of carbonyl (C=O) groups is 1. The highest BCUT2D eigenvalue weighted by Crippen LogP contribution is 2.44. The molecule has 0 fully saturated rings. The summed E-state index contributed by atoms with van der Waals surface area (Å²) in [5.74, 6) is 0. The zero-order chi connectivity index (χ0) is 9.24. The third-order valence-corrected chi connectivity index (χ3v) is 6.31. The molecule has 1 aliphatic rings. The third-order valence-electron chi connectivity index (χ3n) is 2.98. The number of allylic oxidation sites excluding steroid dienone is 2. The van der Waals surface area contributed by atoms with Gasteiger partial charge in [0.25, 0.3) is 0 Å². The van der Waals surface area contributed by atoms with E-state index in [1.165, 1.54) is 12.7 Å². The minimum atomic E-state index is -1.36. The summed E-state index contributed by atoms with van der Waals surface area (Å²) in [5.41, 5.74) is 0. The molecule has 1 nitrogen and oxygen atoms in total. The number of hydrogen-bond acceptors (Lipinski definition) is 1. The van der Waals surface area contributed by atoms with Crippen LogP contribution in [0.3, 0.4) is 0 Å². The summed E-state index contributed by atoms with van der Waals surface area (Å²) in [7, 11) is -1.36. The molecule has 0 bridgehead atoms. The summed E-state index contributed by atoms with van der Waals surface area (Å²) in [4.78, 5) is 11.1. The Morgan fingerprint density at radius 3 is 2.33 bits per heavy atom. The van der Waals surface area contributed by atoms with Crippen molar-refractivity contribution in [3.8, 4) is 0 Å². The number of aldehydes is 1. The van der Waals surface area contributed by atoms with Gasteiger partial charge in [0.05, 0.1) is 8.07 Å². The molecule has 1 aliphatic carbocycles. The Balaban J connectivity index is 2.96. The predicted octanol–water partition coefficient (Wildman–Crippen LogP) is 3.00. The lowest BCUT2D eigenvalue weighted by atomic mass is 9.96. The minimum Gasteiger partial charge on any atom is -0.303 e. The van der Waals surface area contributed by atoms with E-state index in [9.17, 15) is 4.79 Å². The third kappa shape index (κ3) is 1.53. The monoisotopic (exact) mass is 182 g/mol. The summed E-state index contributed by atoms with van der Waals surface area (Å²) in [6, 6.07) is 0. The molecule has 1 unspecified atom stereocenters. The maximum Gasteiger partial charge on any atom is 0.127 e. The van der Waals surface area contributed by atoms with Gasteiger partial charge in [-0.05, 0) is 19.3 Å². The van der Waals surface area contributed by atoms with E-state index in [4.69, 9.17) is 0 Å². The van der Waals surface area contributed by atoms with Crippen LogP contribution in [0.15, 0.2) is 12.2 Å². The van der Waals surface area contributed by atoms with Crippen LogP contribution in [0, 0.1) is 0 Å². The van der Waals surface area contributed by atoms with Crippen LogP contribution >= 0.6 is 0 Å². The van der Waals surface area contributed by atoms with E-state index in [1.807, 2.05) is 0 Å². The van der Waals surface area contributed by atoms with Gasteiger partial charge in [0.1, 0.15) is 6.29 Å². The van der Waals surface area contributed by atoms with Crippen molar-refractivity contribution in [2.45, 2.75) is 43.9 Å². The quantitative estimate of drug-likeness (QED) is 0.364. The van der Waals surface area contributed by atoms with E-state index in [2.05, 4.69) is 31.8 Å². The number of hydrogen-bond donors (Lipinski definition) is 0. The molecule has 0 radical (unpaired) electrons. The average Bonchev–Trinajstić information content (AvgIpc) is 2.04. The summed E-state index contributed by atoms with van der Waals surface area (Å²) in [5, 5.41) is -0.0642. The van der Waals surface area contributed by atoms with Crippen molar-refractivity contribution in [1.82, 2.24) is 0 Å². The van der Waals surface area contributed by atoms with E-state index in [1.54, 1.807) is 0 Å². The van der Waals surface area contributed by atoms with E-state index in [0.29, 0.717) is 0 Å². The summed E-state index contributed by atoms with van der Waals surface area (Å²) in [6.07, 6.45) is 8.93. The fourth-order valence-corrected chi connectivity index (χ4v) is 3.69. The summed E-state index contributed by atoms with van der Waals surface area (Å²) >= 11 is 0. The Labute approximate surface area is 75.9 Å². The van der Waals surface area contributed by atoms with Gasteiger partial charge in [-0.15, -0.1) is 0 Å². The molecule has 0 amide bonds. The molecule has 68 valence electrons. The van der Waals surface area contributed by atoms with Crippen molar-refractivity contribution >= 4 is 14.4 Å². The van der Waals surface area contributed by atoms with E-state index < -0.39 is 8.07 Å². The standard InChI is InChI=1S/C10H18OSi/c1-12(2,3)10(9-11)7-5-4-6-8-10/h5,7,9H,4,6,8H2,1-3H3. The number of carbonyl (C=O) groups excluding carboxylic acids is 1. The largest absolute Gasteiger partial charge is 0.303 e. The van der Waals surface area contributed by atoms with Crippen molar-refractivity contribution < 1.29 is 4.79 Å². The van der Waals surface area contributed by atoms with Crippen LogP contribution in [0.5, 0.6) is 0 Å². The van der Waals surface area contributed by atoms with E-state index in [-0.39, 0.29) is 5.04 Å². The van der Waals surface area contributed by atoms with Gasteiger partial charge in [-0.3, -0.25) is 0 Å². The SMILES string of the molecule is C[Si](C)(C)C1(C=O)C=CCCC1. The highest BCUT2D eigenvalue weighted by atomic mass is 28.3. The normalized spacial score (nSPS) is 30.2. The molecule has 0 aromatic rings. The molecule has 1 atom stereocenters. The predicted molar refractivity (Wildman–Crippen MR) is 55.1 cm³/mol. The molecule has 0 N–H and O–H groups in total. The Morgan fingerprint density at radius 2 is 2.08 bits per heavy atom. The van der Waals surface area contributed by atoms with E-state index in [0.717, 1.165) is 12.8 Å². The van der Waals surface area contributed by atoms with Gasteiger partial charge in [0.2, 0.25) is 0 Å². The van der Waals surface area contributed by atoms with Gasteiger partial charge in [0.15, 0.2) is 0 Å². The minimum absolute atomic E-state index is 0.0642. The lowest BCUT2D eigenvalue weighted by Crippen LogP contribution is -2.40. The molecule has 1 rings (SSSR count). The van der Waals surface area contributed by atoms with Crippen LogP contribution < -0.4 is 0 Å². The lowest BCUT2D eigenvalue weighted by Gasteiger charge is -2.38. The van der Waals surface area contributed by atoms with Gasteiger partial charge >= 0.3 is 0 Å². The summed E-state index contributed by atoms with van der Waals surface area (Å²) in [6.45, 7) is 6.82. The second kappa shape index (κ2) is 3.17. The lowest BCUT2D eigenvalue weighted by molar-refractivity contribution is -0.109. The Kier molecular flexibility index (Phi) is 2.57. The first-order valence-corrected chi connectivity index (χ1v) is 8.16. The first-order chi connectivity index (χ1) is 5.52. The van der Waals surface area contributed by atoms with Crippen molar-refractivity contribution in [2.75, 3.05) is 0 Å². The average molecular weight is 182 g/mol. The van der Waals surface area contributed by atoms with Gasteiger partial charge < -0.3 is 4.79 Å². The number of rotatable bonds is 2. The van der Waals surface area contributed by atoms with Crippen LogP contribution in [-0.2, 0) is 4.79 Å². The fourth-order valence-electron chi connectivity index (χ4n) is 1.79. The molecule has 12 heavy (non-hydrogen) atoms. The van der Waals surface area contributed by atoms with Crippen LogP contribution in [-0.4, -0.2) is 14.4 Å². The molecular weight excluding hydrogens is 164 g/mol. The molecule has 0 aliphatic heterocycles. The second-order valence-electron chi connectivity index (χ2n) is 4.70. The molecular formula is C10H18OSi. The topological polar surface area (TPSA) is 17.1 Å². The maximum absolute atomic E-state index is 11.1. The molecule has 0 aromatic heterocycles. The summed E-state index contributed by atoms with van der Waals surface area (Å²) < 4.78 is 0.